The Morgan fingerprint density at radius 2 is 2.07 bits per heavy atom. The molecular weight excluding hydrogens is 182 g/mol. The van der Waals surface area contributed by atoms with E-state index in [0.717, 1.165) is 18.5 Å². The second-order valence-corrected chi connectivity index (χ2v) is 3.48. The maximum Gasteiger partial charge on any atom is 0.0698 e. The van der Waals surface area contributed by atoms with Crippen molar-refractivity contribution in [1.29, 1.82) is 0 Å². The van der Waals surface area contributed by atoms with Crippen LogP contribution in [0.15, 0.2) is 30.5 Å². The number of rotatable bonds is 5. The minimum absolute atomic E-state index is 1.06. The van der Waals surface area contributed by atoms with Crippen LogP contribution in [-0.4, -0.2) is 4.98 Å². The first-order valence-electron chi connectivity index (χ1n) is 5.66. The highest BCUT2D eigenvalue weighted by atomic mass is 14.7. The number of unbranched alkanes of at least 4 members (excludes halogenated alkanes) is 1. The molecule has 0 atom stereocenters. The Labute approximate surface area is 92.6 Å². The maximum absolute atomic E-state index is 4.37. The van der Waals surface area contributed by atoms with Gasteiger partial charge in [0.15, 0.2) is 0 Å². The molecule has 0 spiro atoms. The van der Waals surface area contributed by atoms with E-state index in [1.54, 1.807) is 0 Å². The highest BCUT2D eigenvalue weighted by Crippen LogP contribution is 2.10. The summed E-state index contributed by atoms with van der Waals surface area (Å²) < 4.78 is 0. The van der Waals surface area contributed by atoms with E-state index in [0.29, 0.717) is 0 Å². The van der Waals surface area contributed by atoms with Crippen LogP contribution >= 0.6 is 0 Å². The van der Waals surface area contributed by atoms with Gasteiger partial charge in [0.2, 0.25) is 0 Å². The first-order chi connectivity index (χ1) is 7.38. The maximum atomic E-state index is 4.37. The van der Waals surface area contributed by atoms with Gasteiger partial charge < -0.3 is 0 Å². The van der Waals surface area contributed by atoms with Crippen LogP contribution in [0.25, 0.3) is 12.2 Å². The minimum atomic E-state index is 1.06. The monoisotopic (exact) mass is 201 g/mol. The summed E-state index contributed by atoms with van der Waals surface area (Å²) >= 11 is 0. The van der Waals surface area contributed by atoms with Crippen LogP contribution < -0.4 is 0 Å². The van der Waals surface area contributed by atoms with E-state index in [9.17, 15) is 0 Å². The quantitative estimate of drug-likeness (QED) is 0.691. The third-order valence-corrected chi connectivity index (χ3v) is 2.14. The van der Waals surface area contributed by atoms with Gasteiger partial charge in [-0.3, -0.25) is 4.98 Å². The standard InChI is InChI=1S/C14H19N/c1-3-5-7-11-14-13(9-6-4-2)10-8-12-15-14/h6-12H,3-5H2,1-2H3. The number of pyridine rings is 1. The Kier molecular flexibility index (Phi) is 5.46. The summed E-state index contributed by atoms with van der Waals surface area (Å²) in [4.78, 5) is 4.37. The van der Waals surface area contributed by atoms with Crippen molar-refractivity contribution in [2.75, 3.05) is 0 Å². The van der Waals surface area contributed by atoms with Crippen LogP contribution in [0.3, 0.4) is 0 Å². The van der Waals surface area contributed by atoms with E-state index < -0.39 is 0 Å². The second-order valence-electron chi connectivity index (χ2n) is 3.48. The van der Waals surface area contributed by atoms with Gasteiger partial charge in [0.25, 0.3) is 0 Å². The molecule has 0 fully saturated rings. The number of nitrogens with zero attached hydrogens (tertiary/aromatic N) is 1. The van der Waals surface area contributed by atoms with Gasteiger partial charge in [-0.25, -0.2) is 0 Å². The molecule has 0 amide bonds. The van der Waals surface area contributed by atoms with E-state index in [1.165, 1.54) is 12.0 Å². The molecule has 0 aromatic carbocycles. The fraction of sp³-hybridized carbons (Fsp3) is 0.357. The molecule has 0 aliphatic heterocycles. The SMILES string of the molecule is CCC=Cc1cccnc1C=CCCC. The summed E-state index contributed by atoms with van der Waals surface area (Å²) in [6.07, 6.45) is 13.8. The number of hydrogen-bond acceptors (Lipinski definition) is 1. The molecule has 80 valence electrons. The smallest absolute Gasteiger partial charge is 0.0698 e. The predicted octanol–water partition coefficient (Wildman–Crippen LogP) is 4.32. The lowest BCUT2D eigenvalue weighted by atomic mass is 10.1. The van der Waals surface area contributed by atoms with Crippen molar-refractivity contribution in [3.05, 3.63) is 41.7 Å². The molecule has 0 saturated carbocycles. The van der Waals surface area contributed by atoms with E-state index in [4.69, 9.17) is 0 Å². The van der Waals surface area contributed by atoms with Crippen molar-refractivity contribution in [3.8, 4) is 0 Å². The lowest BCUT2D eigenvalue weighted by molar-refractivity contribution is 0.962. The van der Waals surface area contributed by atoms with E-state index in [2.05, 4.69) is 49.2 Å². The molecule has 1 aromatic heterocycles. The summed E-state index contributed by atoms with van der Waals surface area (Å²) in [7, 11) is 0. The average molecular weight is 201 g/mol. The molecule has 0 saturated heterocycles. The largest absolute Gasteiger partial charge is 0.256 e. The zero-order valence-corrected chi connectivity index (χ0v) is 9.61. The first-order valence-corrected chi connectivity index (χ1v) is 5.66. The van der Waals surface area contributed by atoms with E-state index in [-0.39, 0.29) is 0 Å². The molecule has 1 heteroatoms. The lowest BCUT2D eigenvalue weighted by Crippen LogP contribution is -1.84. The van der Waals surface area contributed by atoms with Crippen molar-refractivity contribution in [1.82, 2.24) is 4.98 Å². The summed E-state index contributed by atoms with van der Waals surface area (Å²) in [5, 5.41) is 0. The second kappa shape index (κ2) is 6.99. The summed E-state index contributed by atoms with van der Waals surface area (Å²) in [5.74, 6) is 0. The highest BCUT2D eigenvalue weighted by molar-refractivity contribution is 5.61. The van der Waals surface area contributed by atoms with Crippen LogP contribution in [0.1, 0.15) is 44.4 Å². The van der Waals surface area contributed by atoms with Crippen LogP contribution in [-0.2, 0) is 0 Å². The van der Waals surface area contributed by atoms with Gasteiger partial charge in [-0.05, 0) is 30.5 Å². The lowest BCUT2D eigenvalue weighted by Gasteiger charge is -1.98. The Morgan fingerprint density at radius 1 is 1.20 bits per heavy atom. The number of aromatic nitrogens is 1. The van der Waals surface area contributed by atoms with Gasteiger partial charge in [-0.15, -0.1) is 0 Å². The van der Waals surface area contributed by atoms with Crippen LogP contribution in [0.5, 0.6) is 0 Å². The van der Waals surface area contributed by atoms with Crippen LogP contribution in [0, 0.1) is 0 Å². The molecule has 0 aliphatic carbocycles. The Bertz CT molecular complexity index is 337. The summed E-state index contributed by atoms with van der Waals surface area (Å²) in [5.41, 5.74) is 2.27. The summed E-state index contributed by atoms with van der Waals surface area (Å²) in [6, 6.07) is 4.08. The van der Waals surface area contributed by atoms with Crippen molar-refractivity contribution < 1.29 is 0 Å². The van der Waals surface area contributed by atoms with Crippen LogP contribution in [0.4, 0.5) is 0 Å². The third kappa shape index (κ3) is 4.11. The molecule has 1 aromatic rings. The highest BCUT2D eigenvalue weighted by Gasteiger charge is 1.94. The molecule has 1 rings (SSSR count). The van der Waals surface area contributed by atoms with E-state index >= 15 is 0 Å². The molecule has 1 heterocycles. The number of hydrogen-bond donors (Lipinski definition) is 0. The molecule has 0 unspecified atom stereocenters. The van der Waals surface area contributed by atoms with E-state index in [1.807, 2.05) is 12.3 Å². The Hall–Kier alpha value is -1.37. The Morgan fingerprint density at radius 3 is 2.80 bits per heavy atom. The van der Waals surface area contributed by atoms with Gasteiger partial charge in [0.1, 0.15) is 0 Å². The van der Waals surface area contributed by atoms with Gasteiger partial charge >= 0.3 is 0 Å². The zero-order valence-electron chi connectivity index (χ0n) is 9.61. The van der Waals surface area contributed by atoms with Gasteiger partial charge in [0, 0.05) is 6.20 Å². The normalized spacial score (nSPS) is 11.6. The molecule has 0 N–H and O–H groups in total. The third-order valence-electron chi connectivity index (χ3n) is 2.14. The molecule has 0 aliphatic rings. The van der Waals surface area contributed by atoms with Crippen molar-refractivity contribution in [3.63, 3.8) is 0 Å². The van der Waals surface area contributed by atoms with Gasteiger partial charge in [-0.2, -0.15) is 0 Å². The first kappa shape index (κ1) is 11.7. The minimum Gasteiger partial charge on any atom is -0.256 e. The van der Waals surface area contributed by atoms with Crippen LogP contribution in [0.2, 0.25) is 0 Å². The molecule has 0 bridgehead atoms. The molecule has 1 nitrogen and oxygen atoms in total. The topological polar surface area (TPSA) is 12.9 Å². The predicted molar refractivity (Wildman–Crippen MR) is 67.5 cm³/mol. The fourth-order valence-electron chi connectivity index (χ4n) is 1.32. The zero-order chi connectivity index (χ0) is 10.9. The molecule has 0 radical (unpaired) electrons. The van der Waals surface area contributed by atoms with Gasteiger partial charge in [0.05, 0.1) is 5.69 Å². The van der Waals surface area contributed by atoms with Gasteiger partial charge in [-0.1, -0.05) is 44.6 Å². The number of allylic oxidation sites excluding steroid dienone is 2. The van der Waals surface area contributed by atoms with Crippen molar-refractivity contribution in [2.24, 2.45) is 0 Å². The molecule has 15 heavy (non-hydrogen) atoms. The average Bonchev–Trinajstić information content (AvgIpc) is 2.28. The fourth-order valence-corrected chi connectivity index (χ4v) is 1.32. The summed E-state index contributed by atoms with van der Waals surface area (Å²) in [6.45, 7) is 4.32. The van der Waals surface area contributed by atoms with Crippen molar-refractivity contribution in [2.45, 2.75) is 33.1 Å². The van der Waals surface area contributed by atoms with Crippen molar-refractivity contribution >= 4 is 12.2 Å². The Balaban J connectivity index is 2.81. The molecular formula is C14H19N.